The second-order valence-corrected chi connectivity index (χ2v) is 13.2. The highest BCUT2D eigenvalue weighted by atomic mass is 16.6. The van der Waals surface area contributed by atoms with Gasteiger partial charge in [-0.1, -0.05) is 34.1 Å². The molecule has 2 fully saturated rings. The Kier molecular flexibility index (Phi) is 10.2. The Morgan fingerprint density at radius 1 is 1.05 bits per heavy atom. The Labute approximate surface area is 232 Å². The number of fused-ring (bicyclic) bond motifs is 1. The maximum absolute atomic E-state index is 14.1. The lowest BCUT2D eigenvalue weighted by molar-refractivity contribution is -0.153. The minimum atomic E-state index is -1.08. The van der Waals surface area contributed by atoms with Gasteiger partial charge in [0.2, 0.25) is 11.8 Å². The maximum atomic E-state index is 14.1. The fourth-order valence-electron chi connectivity index (χ4n) is 5.19. The van der Waals surface area contributed by atoms with E-state index in [2.05, 4.69) is 15.4 Å². The molecule has 0 aromatic heterocycles. The van der Waals surface area contributed by atoms with Gasteiger partial charge >= 0.3 is 12.1 Å². The number of amides is 3. The molecular formula is C28H47N3O8. The van der Waals surface area contributed by atoms with Crippen molar-refractivity contribution in [2.24, 2.45) is 11.3 Å². The van der Waals surface area contributed by atoms with Crippen molar-refractivity contribution in [1.82, 2.24) is 15.5 Å². The van der Waals surface area contributed by atoms with Crippen LogP contribution in [0.4, 0.5) is 4.79 Å². The molecule has 2 saturated heterocycles. The summed E-state index contributed by atoms with van der Waals surface area (Å²) in [5.41, 5.74) is -1.90. The number of likely N-dealkylation sites (tertiary alicyclic amines) is 1. The molecule has 2 heterocycles. The summed E-state index contributed by atoms with van der Waals surface area (Å²) in [5.74, 6) is -3.20. The zero-order chi connectivity index (χ0) is 29.9. The number of nitrogens with one attached hydrogen (secondary N) is 2. The second kappa shape index (κ2) is 12.2. The molecule has 3 amide bonds. The van der Waals surface area contributed by atoms with Crippen molar-refractivity contribution in [1.29, 1.82) is 0 Å². The molecule has 3 unspecified atom stereocenters. The molecule has 2 aliphatic rings. The first kappa shape index (κ1) is 32.5. The quantitative estimate of drug-likeness (QED) is 0.345. The molecule has 0 bridgehead atoms. The van der Waals surface area contributed by atoms with Crippen molar-refractivity contribution in [3.63, 3.8) is 0 Å². The molecular weight excluding hydrogens is 506 g/mol. The van der Waals surface area contributed by atoms with E-state index in [9.17, 15) is 24.0 Å². The van der Waals surface area contributed by atoms with Crippen LogP contribution in [-0.2, 0) is 33.4 Å². The van der Waals surface area contributed by atoms with Crippen LogP contribution >= 0.6 is 0 Å². The SMILES string of the molecule is CCCC(NC(=O)[C@@H]1C2CCC(C)(C)OC2CN1C(=O)[C@@H](NC(=O)OC(C)(C)C)C(C)(C)C)C(=O)C(=O)OC. The number of Topliss-reactive ketones (excluding diaryl/α,β-unsaturated/α-hetero) is 1. The molecule has 11 heteroatoms. The number of alkyl carbamates (subject to hydrolysis) is 1. The topological polar surface area (TPSA) is 140 Å². The van der Waals surface area contributed by atoms with E-state index in [1.54, 1.807) is 20.8 Å². The van der Waals surface area contributed by atoms with Crippen LogP contribution in [0.15, 0.2) is 0 Å². The number of methoxy groups -OCH3 is 1. The van der Waals surface area contributed by atoms with E-state index in [1.165, 1.54) is 4.90 Å². The van der Waals surface area contributed by atoms with Gasteiger partial charge in [-0.15, -0.1) is 0 Å². The van der Waals surface area contributed by atoms with E-state index >= 15 is 0 Å². The molecule has 2 N–H and O–H groups in total. The van der Waals surface area contributed by atoms with Gasteiger partial charge in [0, 0.05) is 12.5 Å². The number of ether oxygens (including phenoxy) is 3. The van der Waals surface area contributed by atoms with Crippen LogP contribution in [0, 0.1) is 11.3 Å². The first-order valence-corrected chi connectivity index (χ1v) is 13.7. The summed E-state index contributed by atoms with van der Waals surface area (Å²) < 4.78 is 16.3. The van der Waals surface area contributed by atoms with Gasteiger partial charge in [-0.25, -0.2) is 9.59 Å². The lowest BCUT2D eigenvalue weighted by Gasteiger charge is -2.39. The van der Waals surface area contributed by atoms with Gasteiger partial charge in [-0.2, -0.15) is 0 Å². The molecule has 39 heavy (non-hydrogen) atoms. The summed E-state index contributed by atoms with van der Waals surface area (Å²) >= 11 is 0. The van der Waals surface area contributed by atoms with Crippen LogP contribution in [0.25, 0.3) is 0 Å². The summed E-state index contributed by atoms with van der Waals surface area (Å²) in [7, 11) is 1.11. The van der Waals surface area contributed by atoms with Crippen molar-refractivity contribution < 1.29 is 38.2 Å². The molecule has 0 aliphatic carbocycles. The van der Waals surface area contributed by atoms with E-state index in [1.807, 2.05) is 41.5 Å². The number of ketones is 1. The average Bonchev–Trinajstić information content (AvgIpc) is 3.16. The fourth-order valence-corrected chi connectivity index (χ4v) is 5.19. The Balaban J connectivity index is 2.42. The monoisotopic (exact) mass is 553 g/mol. The minimum Gasteiger partial charge on any atom is -0.463 e. The second-order valence-electron chi connectivity index (χ2n) is 13.2. The highest BCUT2D eigenvalue weighted by Gasteiger charge is 2.54. The average molecular weight is 554 g/mol. The molecule has 0 aromatic carbocycles. The molecule has 0 radical (unpaired) electrons. The van der Waals surface area contributed by atoms with Gasteiger partial charge in [-0.3, -0.25) is 14.4 Å². The Morgan fingerprint density at radius 2 is 1.67 bits per heavy atom. The van der Waals surface area contributed by atoms with Gasteiger partial charge in [0.1, 0.15) is 17.7 Å². The molecule has 2 aliphatic heterocycles. The minimum absolute atomic E-state index is 0.150. The van der Waals surface area contributed by atoms with Crippen LogP contribution in [0.1, 0.15) is 88.0 Å². The molecule has 11 nitrogen and oxygen atoms in total. The van der Waals surface area contributed by atoms with Crippen LogP contribution in [-0.4, -0.2) is 83.6 Å². The predicted molar refractivity (Wildman–Crippen MR) is 144 cm³/mol. The number of rotatable bonds is 8. The number of hydrogen-bond acceptors (Lipinski definition) is 8. The smallest absolute Gasteiger partial charge is 0.408 e. The van der Waals surface area contributed by atoms with E-state index in [0.29, 0.717) is 19.3 Å². The van der Waals surface area contributed by atoms with Crippen molar-refractivity contribution in [3.05, 3.63) is 0 Å². The summed E-state index contributed by atoms with van der Waals surface area (Å²) in [5, 5.41) is 5.42. The largest absolute Gasteiger partial charge is 0.463 e. The van der Waals surface area contributed by atoms with Crippen LogP contribution in [0.2, 0.25) is 0 Å². The van der Waals surface area contributed by atoms with Gasteiger partial charge < -0.3 is 29.7 Å². The summed E-state index contributed by atoms with van der Waals surface area (Å²) in [4.78, 5) is 66.6. The van der Waals surface area contributed by atoms with Crippen molar-refractivity contribution >= 4 is 29.7 Å². The van der Waals surface area contributed by atoms with E-state index in [0.717, 1.165) is 7.11 Å². The number of nitrogens with zero attached hydrogens (tertiary/aromatic N) is 1. The van der Waals surface area contributed by atoms with Crippen LogP contribution in [0.5, 0.6) is 0 Å². The highest BCUT2D eigenvalue weighted by Crippen LogP contribution is 2.41. The lowest BCUT2D eigenvalue weighted by atomic mass is 9.83. The number of carbonyl (C=O) groups excluding carboxylic acids is 5. The Hall–Kier alpha value is -2.69. The van der Waals surface area contributed by atoms with Crippen molar-refractivity contribution in [2.75, 3.05) is 13.7 Å². The van der Waals surface area contributed by atoms with E-state index in [4.69, 9.17) is 9.47 Å². The van der Waals surface area contributed by atoms with Gasteiger partial charge in [-0.05, 0) is 59.3 Å². The third kappa shape index (κ3) is 8.40. The molecule has 222 valence electrons. The van der Waals surface area contributed by atoms with Gasteiger partial charge in [0.05, 0.1) is 24.9 Å². The molecule has 5 atom stereocenters. The highest BCUT2D eigenvalue weighted by molar-refractivity contribution is 6.36. The molecule has 0 spiro atoms. The van der Waals surface area contributed by atoms with Gasteiger partial charge in [0.15, 0.2) is 0 Å². The predicted octanol–water partition coefficient (Wildman–Crippen LogP) is 2.74. The Morgan fingerprint density at radius 3 is 2.18 bits per heavy atom. The summed E-state index contributed by atoms with van der Waals surface area (Å²) in [6.07, 6.45) is 0.939. The third-order valence-electron chi connectivity index (χ3n) is 7.07. The first-order chi connectivity index (χ1) is 17.8. The third-order valence-corrected chi connectivity index (χ3v) is 7.07. The van der Waals surface area contributed by atoms with Crippen molar-refractivity contribution in [3.8, 4) is 0 Å². The van der Waals surface area contributed by atoms with E-state index in [-0.39, 0.29) is 18.9 Å². The number of carbonyl (C=O) groups is 5. The molecule has 2 rings (SSSR count). The van der Waals surface area contributed by atoms with Gasteiger partial charge in [0.25, 0.3) is 5.78 Å². The van der Waals surface area contributed by atoms with Crippen LogP contribution in [0.3, 0.4) is 0 Å². The lowest BCUT2D eigenvalue weighted by Crippen LogP contribution is -2.60. The molecule has 0 saturated carbocycles. The maximum Gasteiger partial charge on any atom is 0.408 e. The Bertz CT molecular complexity index is 949. The zero-order valence-electron chi connectivity index (χ0n) is 25.1. The zero-order valence-corrected chi connectivity index (χ0v) is 25.1. The normalized spacial score (nSPS) is 24.2. The van der Waals surface area contributed by atoms with Crippen LogP contribution < -0.4 is 10.6 Å². The number of hydrogen-bond donors (Lipinski definition) is 2. The summed E-state index contributed by atoms with van der Waals surface area (Å²) in [6.45, 7) is 16.6. The van der Waals surface area contributed by atoms with Crippen molar-refractivity contribution in [2.45, 2.75) is 123 Å². The molecule has 0 aromatic rings. The summed E-state index contributed by atoms with van der Waals surface area (Å²) in [6, 6.07) is -3.03. The fraction of sp³-hybridized carbons (Fsp3) is 0.821. The van der Waals surface area contributed by atoms with E-state index < -0.39 is 70.5 Å². The number of esters is 1. The standard InChI is InChI=1S/C28H47N3O8/c1-11-12-17(20(32)24(35)37-10)29-22(33)19-16-13-14-28(8,9)38-18(16)15-31(19)23(34)21(26(2,3)4)30-25(36)39-27(5,6)7/h16-19,21H,11-15H2,1-10H3,(H,29,33)(H,30,36)/t16?,17?,18?,19-,21+/m0/s1. The first-order valence-electron chi connectivity index (χ1n) is 13.7.